The predicted molar refractivity (Wildman–Crippen MR) is 47.2 cm³/mol. The summed E-state index contributed by atoms with van der Waals surface area (Å²) in [7, 11) is 0. The van der Waals surface area contributed by atoms with Crippen LogP contribution in [0.1, 0.15) is 0 Å². The van der Waals surface area contributed by atoms with Gasteiger partial charge in [-0.1, -0.05) is 40.9 Å². The third-order valence-electron chi connectivity index (χ3n) is 0.904. The fraction of sp³-hybridized carbons (Fsp3) is 0. The summed E-state index contributed by atoms with van der Waals surface area (Å²) >= 11 is 16.8. The Morgan fingerprint density at radius 1 is 0.900 bits per heavy atom. The van der Waals surface area contributed by atoms with Gasteiger partial charge in [-0.3, -0.25) is 0 Å². The Kier molecular flexibility index (Phi) is 6.32. The minimum atomic E-state index is 0. The smallest absolute Gasteiger partial charge is 0.0778 e. The largest absolute Gasteiger partial charge is 0.0827 e. The Bertz CT molecular complexity index is 204. The zero-order valence-corrected chi connectivity index (χ0v) is 10.8. The molecule has 0 nitrogen and oxygen atoms in total. The Balaban J connectivity index is 0.000000810. The van der Waals surface area contributed by atoms with Crippen molar-refractivity contribution in [1.29, 1.82) is 0 Å². The Morgan fingerprint density at radius 2 is 1.30 bits per heavy atom. The van der Waals surface area contributed by atoms with Gasteiger partial charge in [0.15, 0.2) is 0 Å². The zero-order valence-electron chi connectivity index (χ0n) is 5.37. The maximum atomic E-state index is 5.61. The molecular formula is C6H3Cl3K. The van der Waals surface area contributed by atoms with Gasteiger partial charge in [0.05, 0.1) is 15.1 Å². The van der Waals surface area contributed by atoms with Gasteiger partial charge in [0.25, 0.3) is 0 Å². The number of rotatable bonds is 0. The van der Waals surface area contributed by atoms with E-state index in [0.717, 1.165) is 0 Å². The van der Waals surface area contributed by atoms with Gasteiger partial charge in [-0.25, -0.2) is 0 Å². The van der Waals surface area contributed by atoms with Crippen LogP contribution in [-0.4, -0.2) is 51.4 Å². The average Bonchev–Trinajstić information content (AvgIpc) is 1.83. The topological polar surface area (TPSA) is 0 Å². The van der Waals surface area contributed by atoms with Crippen LogP contribution >= 0.6 is 34.8 Å². The van der Waals surface area contributed by atoms with Crippen molar-refractivity contribution in [3.8, 4) is 0 Å². The second-order valence-electron chi connectivity index (χ2n) is 1.54. The molecule has 0 aliphatic rings. The molecular weight excluding hydrogens is 218 g/mol. The van der Waals surface area contributed by atoms with Crippen molar-refractivity contribution in [2.24, 2.45) is 0 Å². The standard InChI is InChI=1S/C6H3Cl3.K/c7-4-2-1-3-5(8)6(4)9;/h1-3H;. The first-order valence-electron chi connectivity index (χ1n) is 2.31. The third-order valence-corrected chi connectivity index (χ3v) is 2.14. The van der Waals surface area contributed by atoms with Crippen molar-refractivity contribution in [3.05, 3.63) is 33.3 Å². The van der Waals surface area contributed by atoms with E-state index in [4.69, 9.17) is 34.8 Å². The molecule has 0 atom stereocenters. The third kappa shape index (κ3) is 2.99. The molecule has 0 bridgehead atoms. The van der Waals surface area contributed by atoms with Crippen molar-refractivity contribution >= 4 is 86.2 Å². The van der Waals surface area contributed by atoms with E-state index >= 15 is 0 Å². The fourth-order valence-corrected chi connectivity index (χ4v) is 1.00. The van der Waals surface area contributed by atoms with Crippen molar-refractivity contribution in [2.45, 2.75) is 0 Å². The van der Waals surface area contributed by atoms with Crippen LogP contribution in [0, 0.1) is 0 Å². The Labute approximate surface area is 117 Å². The molecule has 4 heteroatoms. The van der Waals surface area contributed by atoms with Gasteiger partial charge in [0.2, 0.25) is 0 Å². The molecule has 10 heavy (non-hydrogen) atoms. The molecule has 1 aromatic carbocycles. The molecule has 0 aromatic heterocycles. The molecule has 1 radical (unpaired) electrons. The summed E-state index contributed by atoms with van der Waals surface area (Å²) in [6.07, 6.45) is 0. The van der Waals surface area contributed by atoms with Crippen molar-refractivity contribution in [3.63, 3.8) is 0 Å². The first-order chi connectivity index (χ1) is 4.22. The average molecular weight is 221 g/mol. The zero-order chi connectivity index (χ0) is 6.85. The quantitative estimate of drug-likeness (QED) is 0.465. The molecule has 0 aliphatic carbocycles. The van der Waals surface area contributed by atoms with E-state index < -0.39 is 0 Å². The van der Waals surface area contributed by atoms with Crippen molar-refractivity contribution < 1.29 is 0 Å². The molecule has 0 aliphatic heterocycles. The number of halogens is 3. The van der Waals surface area contributed by atoms with Crippen LogP contribution in [0.15, 0.2) is 18.2 Å². The number of benzene rings is 1. The van der Waals surface area contributed by atoms with E-state index in [0.29, 0.717) is 15.1 Å². The number of hydrogen-bond donors (Lipinski definition) is 0. The van der Waals surface area contributed by atoms with Gasteiger partial charge >= 0.3 is 0 Å². The van der Waals surface area contributed by atoms with Crippen LogP contribution in [0.2, 0.25) is 15.1 Å². The van der Waals surface area contributed by atoms with Crippen LogP contribution in [0.25, 0.3) is 0 Å². The van der Waals surface area contributed by atoms with Crippen LogP contribution in [0.4, 0.5) is 0 Å². The van der Waals surface area contributed by atoms with Gasteiger partial charge in [-0.05, 0) is 12.1 Å². The normalized spacial score (nSPS) is 8.70. The summed E-state index contributed by atoms with van der Waals surface area (Å²) in [6.45, 7) is 0. The first-order valence-corrected chi connectivity index (χ1v) is 3.44. The van der Waals surface area contributed by atoms with Gasteiger partial charge in [0.1, 0.15) is 0 Å². The van der Waals surface area contributed by atoms with Crippen LogP contribution < -0.4 is 0 Å². The van der Waals surface area contributed by atoms with E-state index in [2.05, 4.69) is 0 Å². The molecule has 0 unspecified atom stereocenters. The Hall–Kier alpha value is 1.73. The summed E-state index contributed by atoms with van der Waals surface area (Å²) in [4.78, 5) is 0. The first kappa shape index (κ1) is 11.7. The predicted octanol–water partition coefficient (Wildman–Crippen LogP) is 3.27. The van der Waals surface area contributed by atoms with Crippen LogP contribution in [0.5, 0.6) is 0 Å². The van der Waals surface area contributed by atoms with Gasteiger partial charge in [-0.15, -0.1) is 0 Å². The van der Waals surface area contributed by atoms with E-state index in [1.807, 2.05) is 0 Å². The van der Waals surface area contributed by atoms with E-state index in [1.165, 1.54) is 0 Å². The second-order valence-corrected chi connectivity index (χ2v) is 2.73. The maximum absolute atomic E-state index is 5.61. The fourth-order valence-electron chi connectivity index (χ4n) is 0.477. The number of hydrogen-bond acceptors (Lipinski definition) is 0. The molecule has 0 saturated heterocycles. The van der Waals surface area contributed by atoms with Crippen molar-refractivity contribution in [2.75, 3.05) is 0 Å². The molecule has 0 amide bonds. The summed E-state index contributed by atoms with van der Waals surface area (Å²) < 4.78 is 0. The van der Waals surface area contributed by atoms with E-state index in [-0.39, 0.29) is 51.4 Å². The minimum Gasteiger partial charge on any atom is -0.0827 e. The second kappa shape index (κ2) is 5.39. The van der Waals surface area contributed by atoms with Crippen LogP contribution in [0.3, 0.4) is 0 Å². The molecule has 0 saturated carbocycles. The molecule has 49 valence electrons. The summed E-state index contributed by atoms with van der Waals surface area (Å²) in [5, 5.41) is 1.40. The molecule has 0 heterocycles. The minimum absolute atomic E-state index is 0. The van der Waals surface area contributed by atoms with E-state index in [9.17, 15) is 0 Å². The van der Waals surface area contributed by atoms with E-state index in [1.54, 1.807) is 18.2 Å². The monoisotopic (exact) mass is 219 g/mol. The van der Waals surface area contributed by atoms with Gasteiger partial charge < -0.3 is 0 Å². The molecule has 0 spiro atoms. The molecule has 0 N–H and O–H groups in total. The molecule has 0 fully saturated rings. The SMILES string of the molecule is Clc1cccc(Cl)c1Cl.[K]. The summed E-state index contributed by atoms with van der Waals surface area (Å²) in [5.41, 5.74) is 0. The molecule has 1 aromatic rings. The van der Waals surface area contributed by atoms with Gasteiger partial charge in [0, 0.05) is 51.4 Å². The van der Waals surface area contributed by atoms with Crippen LogP contribution in [-0.2, 0) is 0 Å². The molecule has 1 rings (SSSR count). The van der Waals surface area contributed by atoms with Crippen molar-refractivity contribution in [1.82, 2.24) is 0 Å². The summed E-state index contributed by atoms with van der Waals surface area (Å²) in [5.74, 6) is 0. The maximum Gasteiger partial charge on any atom is 0.0778 e. The Morgan fingerprint density at radius 3 is 1.60 bits per heavy atom. The van der Waals surface area contributed by atoms with Gasteiger partial charge in [-0.2, -0.15) is 0 Å². The summed E-state index contributed by atoms with van der Waals surface area (Å²) in [6, 6.07) is 5.13.